The van der Waals surface area contributed by atoms with Crippen molar-refractivity contribution in [1.82, 2.24) is 19.9 Å². The zero-order valence-electron chi connectivity index (χ0n) is 12.0. The third kappa shape index (κ3) is 2.99. The van der Waals surface area contributed by atoms with Crippen LogP contribution in [0.1, 0.15) is 16.1 Å². The molecule has 2 N–H and O–H groups in total. The van der Waals surface area contributed by atoms with Gasteiger partial charge in [0, 0.05) is 31.4 Å². The normalized spacial score (nSPS) is 10.4. The summed E-state index contributed by atoms with van der Waals surface area (Å²) in [5.41, 5.74) is 2.43. The lowest BCUT2D eigenvalue weighted by atomic mass is 10.1. The summed E-state index contributed by atoms with van der Waals surface area (Å²) < 4.78 is 1.92. The van der Waals surface area contributed by atoms with Crippen LogP contribution in [0.25, 0.3) is 5.69 Å². The largest absolute Gasteiger partial charge is 0.365 e. The fourth-order valence-corrected chi connectivity index (χ4v) is 2.72. The molecule has 0 saturated carbocycles. The second-order valence-corrected chi connectivity index (χ2v) is 5.43. The lowest BCUT2D eigenvalue weighted by Crippen LogP contribution is -2.23. The summed E-state index contributed by atoms with van der Waals surface area (Å²) >= 11 is 1.41. The third-order valence-electron chi connectivity index (χ3n) is 3.16. The molecule has 22 heavy (non-hydrogen) atoms. The number of nitrogens with zero attached hydrogens (tertiary/aromatic N) is 3. The molecule has 0 fully saturated rings. The Kier molecular flexibility index (Phi) is 4.15. The number of anilines is 1. The van der Waals surface area contributed by atoms with Crippen LogP contribution in [-0.4, -0.2) is 27.5 Å². The molecule has 2 heterocycles. The zero-order valence-corrected chi connectivity index (χ0v) is 12.8. The molecular formula is C15H15N5OS. The number of hydrogen-bond donors (Lipinski definition) is 2. The van der Waals surface area contributed by atoms with E-state index in [-0.39, 0.29) is 5.91 Å². The van der Waals surface area contributed by atoms with Gasteiger partial charge in [-0.05, 0) is 11.6 Å². The quantitative estimate of drug-likeness (QED) is 0.758. The van der Waals surface area contributed by atoms with Gasteiger partial charge in [-0.25, -0.2) is 9.97 Å². The standard InChI is InChI=1S/C15H15N5OS/c1-16-15-19-12(9-22-15)14(21)18-8-11-4-2-3-5-13(11)20-7-6-17-10-20/h2-7,9-10H,8H2,1H3,(H,16,19)(H,18,21). The van der Waals surface area contributed by atoms with Crippen molar-refractivity contribution >= 4 is 22.4 Å². The Bertz CT molecular complexity index is 766. The van der Waals surface area contributed by atoms with Crippen LogP contribution in [0, 0.1) is 0 Å². The number of hydrogen-bond acceptors (Lipinski definition) is 5. The second-order valence-electron chi connectivity index (χ2n) is 4.57. The van der Waals surface area contributed by atoms with Crippen molar-refractivity contribution in [3.63, 3.8) is 0 Å². The molecule has 0 radical (unpaired) electrons. The topological polar surface area (TPSA) is 71.8 Å². The van der Waals surface area contributed by atoms with E-state index in [1.54, 1.807) is 25.0 Å². The molecule has 1 aromatic carbocycles. The van der Waals surface area contributed by atoms with E-state index in [0.717, 1.165) is 16.4 Å². The van der Waals surface area contributed by atoms with Crippen molar-refractivity contribution in [2.45, 2.75) is 6.54 Å². The highest BCUT2D eigenvalue weighted by Crippen LogP contribution is 2.16. The van der Waals surface area contributed by atoms with Crippen molar-refractivity contribution in [3.05, 3.63) is 59.6 Å². The summed E-state index contributed by atoms with van der Waals surface area (Å²) in [6.45, 7) is 0.430. The zero-order chi connectivity index (χ0) is 15.4. The number of benzene rings is 1. The summed E-state index contributed by atoms with van der Waals surface area (Å²) in [6.07, 6.45) is 5.34. The molecule has 3 rings (SSSR count). The number of para-hydroxylation sites is 1. The highest BCUT2D eigenvalue weighted by molar-refractivity contribution is 7.13. The lowest BCUT2D eigenvalue weighted by Gasteiger charge is -2.10. The molecule has 7 heteroatoms. The Morgan fingerprint density at radius 3 is 2.95 bits per heavy atom. The lowest BCUT2D eigenvalue weighted by molar-refractivity contribution is 0.0946. The van der Waals surface area contributed by atoms with Gasteiger partial charge < -0.3 is 15.2 Å². The number of imidazole rings is 1. The van der Waals surface area contributed by atoms with Crippen molar-refractivity contribution in [2.75, 3.05) is 12.4 Å². The molecule has 2 aromatic heterocycles. The van der Waals surface area contributed by atoms with Gasteiger partial charge in [0.1, 0.15) is 5.69 Å². The monoisotopic (exact) mass is 313 g/mol. The highest BCUT2D eigenvalue weighted by Gasteiger charge is 2.11. The average Bonchev–Trinajstić information content (AvgIpc) is 3.24. The van der Waals surface area contributed by atoms with E-state index < -0.39 is 0 Å². The van der Waals surface area contributed by atoms with Crippen LogP contribution in [0.3, 0.4) is 0 Å². The molecule has 0 bridgehead atoms. The van der Waals surface area contributed by atoms with Gasteiger partial charge in [-0.3, -0.25) is 4.79 Å². The Hall–Kier alpha value is -2.67. The molecule has 0 unspecified atom stereocenters. The summed E-state index contributed by atoms with van der Waals surface area (Å²) in [7, 11) is 1.78. The maximum Gasteiger partial charge on any atom is 0.271 e. The fraction of sp³-hybridized carbons (Fsp3) is 0.133. The SMILES string of the molecule is CNc1nc(C(=O)NCc2ccccc2-n2ccnc2)cs1. The maximum atomic E-state index is 12.1. The van der Waals surface area contributed by atoms with Crippen LogP contribution < -0.4 is 10.6 Å². The smallest absolute Gasteiger partial charge is 0.271 e. The molecule has 1 amide bonds. The second kappa shape index (κ2) is 6.40. The van der Waals surface area contributed by atoms with E-state index in [9.17, 15) is 4.79 Å². The third-order valence-corrected chi connectivity index (χ3v) is 4.02. The summed E-state index contributed by atoms with van der Waals surface area (Å²) in [5.74, 6) is -0.182. The minimum absolute atomic E-state index is 0.182. The van der Waals surface area contributed by atoms with Crippen LogP contribution >= 0.6 is 11.3 Å². The minimum atomic E-state index is -0.182. The van der Waals surface area contributed by atoms with Crippen molar-refractivity contribution in [2.24, 2.45) is 0 Å². The van der Waals surface area contributed by atoms with Crippen molar-refractivity contribution in [3.8, 4) is 5.69 Å². The Balaban J connectivity index is 1.73. The van der Waals surface area contributed by atoms with E-state index in [1.807, 2.05) is 35.0 Å². The molecule has 0 saturated heterocycles. The van der Waals surface area contributed by atoms with Crippen LogP contribution in [0.15, 0.2) is 48.4 Å². The fourth-order valence-electron chi connectivity index (χ4n) is 2.07. The summed E-state index contributed by atoms with van der Waals surface area (Å²) in [5, 5.41) is 8.28. The first-order chi connectivity index (χ1) is 10.8. The first-order valence-corrected chi connectivity index (χ1v) is 7.63. The molecule has 0 spiro atoms. The molecule has 0 aliphatic carbocycles. The van der Waals surface area contributed by atoms with Crippen LogP contribution in [0.5, 0.6) is 0 Å². The summed E-state index contributed by atoms with van der Waals surface area (Å²) in [4.78, 5) is 20.4. The van der Waals surface area contributed by atoms with E-state index in [4.69, 9.17) is 0 Å². The Morgan fingerprint density at radius 2 is 2.23 bits per heavy atom. The van der Waals surface area contributed by atoms with Gasteiger partial charge in [-0.1, -0.05) is 18.2 Å². The number of carbonyl (C=O) groups is 1. The van der Waals surface area contributed by atoms with Gasteiger partial charge >= 0.3 is 0 Å². The van der Waals surface area contributed by atoms with Crippen LogP contribution in [0.2, 0.25) is 0 Å². The highest BCUT2D eigenvalue weighted by atomic mass is 32.1. The van der Waals surface area contributed by atoms with Crippen LogP contribution in [-0.2, 0) is 6.54 Å². The predicted molar refractivity (Wildman–Crippen MR) is 86.4 cm³/mol. The molecule has 3 aromatic rings. The number of amides is 1. The first-order valence-electron chi connectivity index (χ1n) is 6.75. The Labute approximate surface area is 131 Å². The summed E-state index contributed by atoms with van der Waals surface area (Å²) in [6, 6.07) is 7.88. The predicted octanol–water partition coefficient (Wildman–Crippen LogP) is 2.30. The van der Waals surface area contributed by atoms with Gasteiger partial charge in [-0.15, -0.1) is 11.3 Å². The van der Waals surface area contributed by atoms with E-state index in [0.29, 0.717) is 12.2 Å². The van der Waals surface area contributed by atoms with Gasteiger partial charge in [0.2, 0.25) is 0 Å². The molecule has 0 aliphatic heterocycles. The number of thiazole rings is 1. The van der Waals surface area contributed by atoms with E-state index in [2.05, 4.69) is 20.6 Å². The Morgan fingerprint density at radius 1 is 1.36 bits per heavy atom. The molecule has 0 aliphatic rings. The first kappa shape index (κ1) is 14.3. The van der Waals surface area contributed by atoms with Gasteiger partial charge in [0.25, 0.3) is 5.91 Å². The minimum Gasteiger partial charge on any atom is -0.365 e. The van der Waals surface area contributed by atoms with Crippen molar-refractivity contribution < 1.29 is 4.79 Å². The van der Waals surface area contributed by atoms with Gasteiger partial charge in [0.15, 0.2) is 5.13 Å². The van der Waals surface area contributed by atoms with Gasteiger partial charge in [0.05, 0.1) is 12.0 Å². The maximum absolute atomic E-state index is 12.1. The van der Waals surface area contributed by atoms with Crippen LogP contribution in [0.4, 0.5) is 5.13 Å². The van der Waals surface area contributed by atoms with Gasteiger partial charge in [-0.2, -0.15) is 0 Å². The van der Waals surface area contributed by atoms with Crippen molar-refractivity contribution in [1.29, 1.82) is 0 Å². The molecular weight excluding hydrogens is 298 g/mol. The van der Waals surface area contributed by atoms with E-state index in [1.165, 1.54) is 11.3 Å². The number of aromatic nitrogens is 3. The number of carbonyl (C=O) groups excluding carboxylic acids is 1. The van der Waals surface area contributed by atoms with E-state index >= 15 is 0 Å². The number of rotatable bonds is 5. The molecule has 112 valence electrons. The average molecular weight is 313 g/mol. The molecule has 6 nitrogen and oxygen atoms in total. The molecule has 0 atom stereocenters. The number of nitrogens with one attached hydrogen (secondary N) is 2.